The number of amides is 1. The maximum atomic E-state index is 13.3. The average Bonchev–Trinajstić information content (AvgIpc) is 3.42. The van der Waals surface area contributed by atoms with Crippen molar-refractivity contribution >= 4 is 17.2 Å². The van der Waals surface area contributed by atoms with Crippen LogP contribution < -0.4 is 4.74 Å². The predicted molar refractivity (Wildman–Crippen MR) is 151 cm³/mol. The molecule has 4 rings (SSSR count). The van der Waals surface area contributed by atoms with Crippen LogP contribution in [0.25, 0.3) is 0 Å². The van der Waals surface area contributed by atoms with Crippen molar-refractivity contribution in [3.8, 4) is 5.75 Å². The second kappa shape index (κ2) is 13.6. The smallest absolute Gasteiger partial charge is 0.416 e. The molecule has 40 heavy (non-hydrogen) atoms. The Hall–Kier alpha value is -3.69. The molecular formula is C31H32F3N3O2S. The second-order valence-electron chi connectivity index (χ2n) is 9.37. The minimum Gasteiger partial charge on any atom is -0.489 e. The summed E-state index contributed by atoms with van der Waals surface area (Å²) in [5.74, 6) is 0.611. The Morgan fingerprint density at radius 2 is 1.52 bits per heavy atom. The number of halogens is 3. The third kappa shape index (κ3) is 8.16. The molecule has 0 aliphatic rings. The van der Waals surface area contributed by atoms with Crippen LogP contribution in [0.5, 0.6) is 5.75 Å². The highest BCUT2D eigenvalue weighted by Crippen LogP contribution is 2.30. The monoisotopic (exact) mass is 567 g/mol. The van der Waals surface area contributed by atoms with Crippen molar-refractivity contribution in [3.05, 3.63) is 117 Å². The summed E-state index contributed by atoms with van der Waals surface area (Å²) in [5, 5.41) is 2.47. The maximum Gasteiger partial charge on any atom is 0.416 e. The van der Waals surface area contributed by atoms with Crippen LogP contribution in [-0.4, -0.2) is 33.8 Å². The van der Waals surface area contributed by atoms with Crippen molar-refractivity contribution in [1.29, 1.82) is 0 Å². The van der Waals surface area contributed by atoms with Gasteiger partial charge in [-0.05, 0) is 48.7 Å². The fourth-order valence-electron chi connectivity index (χ4n) is 4.31. The highest BCUT2D eigenvalue weighted by atomic mass is 32.1. The van der Waals surface area contributed by atoms with Gasteiger partial charge in [-0.3, -0.25) is 9.69 Å². The number of ether oxygens (including phenoxy) is 1. The summed E-state index contributed by atoms with van der Waals surface area (Å²) < 4.78 is 45.9. The van der Waals surface area contributed by atoms with Crippen molar-refractivity contribution in [3.63, 3.8) is 0 Å². The number of aromatic nitrogens is 1. The molecule has 0 radical (unpaired) electrons. The quantitative estimate of drug-likeness (QED) is 0.179. The number of nitrogens with zero attached hydrogens (tertiary/aromatic N) is 3. The van der Waals surface area contributed by atoms with Crippen LogP contribution in [0.1, 0.15) is 51.6 Å². The molecule has 0 unspecified atom stereocenters. The maximum absolute atomic E-state index is 13.3. The van der Waals surface area contributed by atoms with E-state index in [0.29, 0.717) is 44.0 Å². The van der Waals surface area contributed by atoms with E-state index in [1.807, 2.05) is 73.3 Å². The first-order valence-electron chi connectivity index (χ1n) is 13.1. The Morgan fingerprint density at radius 1 is 0.850 bits per heavy atom. The molecule has 0 saturated carbocycles. The Labute approximate surface area is 236 Å². The van der Waals surface area contributed by atoms with Crippen LogP contribution in [-0.2, 0) is 32.4 Å². The zero-order valence-electron chi connectivity index (χ0n) is 22.5. The summed E-state index contributed by atoms with van der Waals surface area (Å²) in [5.41, 5.74) is 2.32. The molecule has 0 spiro atoms. The van der Waals surface area contributed by atoms with Gasteiger partial charge in [-0.1, -0.05) is 60.7 Å². The molecule has 3 aromatic carbocycles. The lowest BCUT2D eigenvalue weighted by molar-refractivity contribution is -0.137. The van der Waals surface area contributed by atoms with E-state index >= 15 is 0 Å². The molecule has 5 nitrogen and oxygen atoms in total. The minimum absolute atomic E-state index is 0.122. The van der Waals surface area contributed by atoms with Crippen LogP contribution in [0.3, 0.4) is 0 Å². The molecule has 1 amide bonds. The SMILES string of the molecule is CCN(CC)C(=O)c1csc(CN(Cc2ccc(OCc3ccccc3)cc2)Cc2cccc(C(F)(F)F)c2)n1. The van der Waals surface area contributed by atoms with Gasteiger partial charge in [0.1, 0.15) is 23.1 Å². The van der Waals surface area contributed by atoms with Gasteiger partial charge in [0.2, 0.25) is 0 Å². The predicted octanol–water partition coefficient (Wildman–Crippen LogP) is 7.43. The fraction of sp³-hybridized carbons (Fsp3) is 0.290. The Morgan fingerprint density at radius 3 is 2.20 bits per heavy atom. The molecule has 0 atom stereocenters. The lowest BCUT2D eigenvalue weighted by Crippen LogP contribution is -2.30. The van der Waals surface area contributed by atoms with E-state index in [1.165, 1.54) is 23.5 Å². The van der Waals surface area contributed by atoms with Crippen molar-refractivity contribution in [1.82, 2.24) is 14.8 Å². The van der Waals surface area contributed by atoms with Crippen molar-refractivity contribution in [2.45, 2.75) is 46.3 Å². The third-order valence-corrected chi connectivity index (χ3v) is 7.25. The van der Waals surface area contributed by atoms with Gasteiger partial charge in [0.15, 0.2) is 0 Å². The van der Waals surface area contributed by atoms with Gasteiger partial charge in [-0.15, -0.1) is 11.3 Å². The molecule has 9 heteroatoms. The summed E-state index contributed by atoms with van der Waals surface area (Å²) in [4.78, 5) is 21.0. The third-order valence-electron chi connectivity index (χ3n) is 6.42. The van der Waals surface area contributed by atoms with E-state index in [9.17, 15) is 18.0 Å². The summed E-state index contributed by atoms with van der Waals surface area (Å²) >= 11 is 1.38. The molecule has 4 aromatic rings. The molecule has 1 aromatic heterocycles. The lowest BCUT2D eigenvalue weighted by atomic mass is 10.1. The average molecular weight is 568 g/mol. The van der Waals surface area contributed by atoms with E-state index in [0.717, 1.165) is 28.0 Å². The molecule has 1 heterocycles. The summed E-state index contributed by atoms with van der Waals surface area (Å²) in [6.45, 7) is 6.64. The first-order chi connectivity index (χ1) is 19.2. The number of alkyl halides is 3. The van der Waals surface area contributed by atoms with Crippen molar-refractivity contribution in [2.24, 2.45) is 0 Å². The van der Waals surface area contributed by atoms with Crippen LogP contribution in [0.2, 0.25) is 0 Å². The van der Waals surface area contributed by atoms with Crippen LogP contribution in [0.4, 0.5) is 13.2 Å². The zero-order valence-corrected chi connectivity index (χ0v) is 23.3. The number of carbonyl (C=O) groups excluding carboxylic acids is 1. The molecule has 0 N–H and O–H groups in total. The number of hydrogen-bond acceptors (Lipinski definition) is 5. The Kier molecular flexibility index (Phi) is 9.95. The molecule has 0 aliphatic carbocycles. The van der Waals surface area contributed by atoms with E-state index in [2.05, 4.69) is 4.98 Å². The van der Waals surface area contributed by atoms with Crippen molar-refractivity contribution in [2.75, 3.05) is 13.1 Å². The summed E-state index contributed by atoms with van der Waals surface area (Å²) in [6.07, 6.45) is -4.41. The number of benzene rings is 3. The van der Waals surface area contributed by atoms with Gasteiger partial charge in [0.05, 0.1) is 12.1 Å². The Bertz CT molecular complexity index is 1370. The first-order valence-corrected chi connectivity index (χ1v) is 14.0. The molecule has 0 fully saturated rings. The van der Waals surface area contributed by atoms with Crippen molar-refractivity contribution < 1.29 is 22.7 Å². The largest absolute Gasteiger partial charge is 0.489 e. The molecule has 0 aliphatic heterocycles. The zero-order chi connectivity index (χ0) is 28.5. The van der Waals surface area contributed by atoms with Crippen LogP contribution in [0.15, 0.2) is 84.2 Å². The molecule has 0 bridgehead atoms. The normalized spacial score (nSPS) is 11.6. The minimum atomic E-state index is -4.41. The molecule has 0 saturated heterocycles. The van der Waals surface area contributed by atoms with E-state index in [4.69, 9.17) is 4.74 Å². The number of rotatable bonds is 12. The van der Waals surface area contributed by atoms with Gasteiger partial charge in [-0.25, -0.2) is 4.98 Å². The highest BCUT2D eigenvalue weighted by Gasteiger charge is 2.30. The molecule has 210 valence electrons. The first kappa shape index (κ1) is 29.3. The van der Waals surface area contributed by atoms with Gasteiger partial charge in [0.25, 0.3) is 5.91 Å². The lowest BCUT2D eigenvalue weighted by Gasteiger charge is -2.22. The second-order valence-corrected chi connectivity index (χ2v) is 10.3. The number of hydrogen-bond donors (Lipinski definition) is 0. The van der Waals surface area contributed by atoms with E-state index in [-0.39, 0.29) is 12.5 Å². The summed E-state index contributed by atoms with van der Waals surface area (Å²) in [6, 6.07) is 23.0. The Balaban J connectivity index is 1.50. The van der Waals surface area contributed by atoms with Crippen LogP contribution >= 0.6 is 11.3 Å². The van der Waals surface area contributed by atoms with Gasteiger partial charge in [0, 0.05) is 31.6 Å². The fourth-order valence-corrected chi connectivity index (χ4v) is 5.12. The van der Waals surface area contributed by atoms with Crippen LogP contribution in [0, 0.1) is 0 Å². The van der Waals surface area contributed by atoms with Gasteiger partial charge < -0.3 is 9.64 Å². The van der Waals surface area contributed by atoms with Gasteiger partial charge >= 0.3 is 6.18 Å². The van der Waals surface area contributed by atoms with E-state index < -0.39 is 11.7 Å². The standard InChI is InChI=1S/C31H32F3N3O2S/c1-3-37(4-2)30(38)28-22-40-29(35-28)20-36(19-25-11-8-12-26(17-25)31(32,33)34)18-23-13-15-27(16-14-23)39-21-24-9-6-5-7-10-24/h5-17,22H,3-4,18-21H2,1-2H3. The molecular weight excluding hydrogens is 535 g/mol. The van der Waals surface area contributed by atoms with E-state index in [1.54, 1.807) is 16.3 Å². The number of carbonyl (C=O) groups is 1. The highest BCUT2D eigenvalue weighted by molar-refractivity contribution is 7.09. The number of thiazole rings is 1. The summed E-state index contributed by atoms with van der Waals surface area (Å²) in [7, 11) is 0. The van der Waals surface area contributed by atoms with Gasteiger partial charge in [-0.2, -0.15) is 13.2 Å². The topological polar surface area (TPSA) is 45.7 Å².